The first-order valence-corrected chi connectivity index (χ1v) is 8.38. The van der Waals surface area contributed by atoms with Crippen LogP contribution in [0.3, 0.4) is 0 Å². The first-order valence-electron chi connectivity index (χ1n) is 8.38. The van der Waals surface area contributed by atoms with E-state index < -0.39 is 0 Å². The number of rotatable bonds is 6. The van der Waals surface area contributed by atoms with Crippen molar-refractivity contribution in [1.82, 2.24) is 9.97 Å². The lowest BCUT2D eigenvalue weighted by Gasteiger charge is -2.09. The van der Waals surface area contributed by atoms with Gasteiger partial charge >= 0.3 is 0 Å². The first-order chi connectivity index (χ1) is 13.1. The zero-order chi connectivity index (χ0) is 19.1. The predicted octanol–water partition coefficient (Wildman–Crippen LogP) is 3.30. The van der Waals surface area contributed by atoms with Crippen molar-refractivity contribution in [3.63, 3.8) is 0 Å². The van der Waals surface area contributed by atoms with Gasteiger partial charge in [-0.25, -0.2) is 0 Å². The SMILES string of the molecule is CC(=O)Nc1cccc(NC(=O)c2cc(NCc3ccncc3)ccn2)c1. The van der Waals surface area contributed by atoms with E-state index in [-0.39, 0.29) is 11.8 Å². The maximum absolute atomic E-state index is 12.5. The van der Waals surface area contributed by atoms with Gasteiger partial charge in [-0.3, -0.25) is 19.6 Å². The van der Waals surface area contributed by atoms with Crippen LogP contribution in [0.4, 0.5) is 17.1 Å². The zero-order valence-electron chi connectivity index (χ0n) is 14.8. The molecule has 0 spiro atoms. The van der Waals surface area contributed by atoms with Crippen molar-refractivity contribution in [2.45, 2.75) is 13.5 Å². The molecule has 7 nitrogen and oxygen atoms in total. The molecule has 3 N–H and O–H groups in total. The van der Waals surface area contributed by atoms with Crippen molar-refractivity contribution >= 4 is 28.9 Å². The highest BCUT2D eigenvalue weighted by atomic mass is 16.2. The van der Waals surface area contributed by atoms with Gasteiger partial charge in [0.15, 0.2) is 0 Å². The number of nitrogens with one attached hydrogen (secondary N) is 3. The Bertz CT molecular complexity index is 944. The van der Waals surface area contributed by atoms with Gasteiger partial charge in [0.25, 0.3) is 5.91 Å². The monoisotopic (exact) mass is 361 g/mol. The molecule has 0 saturated heterocycles. The third-order valence-electron chi connectivity index (χ3n) is 3.68. The van der Waals surface area contributed by atoms with E-state index in [0.717, 1.165) is 11.3 Å². The van der Waals surface area contributed by atoms with Crippen LogP contribution in [0, 0.1) is 0 Å². The lowest BCUT2D eigenvalue weighted by atomic mass is 10.2. The maximum atomic E-state index is 12.5. The quantitative estimate of drug-likeness (QED) is 0.626. The van der Waals surface area contributed by atoms with Crippen molar-refractivity contribution in [3.8, 4) is 0 Å². The zero-order valence-corrected chi connectivity index (χ0v) is 14.8. The molecule has 0 aliphatic carbocycles. The molecular weight excluding hydrogens is 342 g/mol. The summed E-state index contributed by atoms with van der Waals surface area (Å²) < 4.78 is 0. The van der Waals surface area contributed by atoms with Crippen molar-refractivity contribution in [3.05, 3.63) is 78.4 Å². The molecule has 2 amide bonds. The van der Waals surface area contributed by atoms with Crippen LogP contribution in [0.25, 0.3) is 0 Å². The minimum atomic E-state index is -0.331. The molecule has 3 aromatic rings. The standard InChI is InChI=1S/C20H19N5O2/c1-14(26)24-17-3-2-4-18(11-17)25-20(27)19-12-16(7-10-22-19)23-13-15-5-8-21-9-6-15/h2-12H,13H2,1H3,(H,22,23)(H,24,26)(H,25,27). The van der Waals surface area contributed by atoms with Crippen LogP contribution in [0.1, 0.15) is 23.0 Å². The van der Waals surface area contributed by atoms with E-state index in [0.29, 0.717) is 23.6 Å². The number of carbonyl (C=O) groups excluding carboxylic acids is 2. The highest BCUT2D eigenvalue weighted by Gasteiger charge is 2.09. The summed E-state index contributed by atoms with van der Waals surface area (Å²) in [6, 6.07) is 14.3. The van der Waals surface area contributed by atoms with Crippen molar-refractivity contribution in [2.75, 3.05) is 16.0 Å². The normalized spacial score (nSPS) is 10.1. The highest BCUT2D eigenvalue weighted by molar-refractivity contribution is 6.03. The fraction of sp³-hybridized carbons (Fsp3) is 0.100. The van der Waals surface area contributed by atoms with Crippen molar-refractivity contribution in [1.29, 1.82) is 0 Å². The Morgan fingerprint density at radius 2 is 1.63 bits per heavy atom. The van der Waals surface area contributed by atoms with Crippen molar-refractivity contribution in [2.24, 2.45) is 0 Å². The second-order valence-corrected chi connectivity index (χ2v) is 5.85. The average Bonchev–Trinajstić information content (AvgIpc) is 2.67. The molecule has 0 unspecified atom stereocenters. The minimum absolute atomic E-state index is 0.173. The molecular formula is C20H19N5O2. The summed E-state index contributed by atoms with van der Waals surface area (Å²) in [5, 5.41) is 8.72. The summed E-state index contributed by atoms with van der Waals surface area (Å²) in [5.74, 6) is -0.504. The minimum Gasteiger partial charge on any atom is -0.381 e. The Morgan fingerprint density at radius 1 is 0.889 bits per heavy atom. The summed E-state index contributed by atoms with van der Waals surface area (Å²) >= 11 is 0. The van der Waals surface area contributed by atoms with Crippen LogP contribution in [-0.4, -0.2) is 21.8 Å². The smallest absolute Gasteiger partial charge is 0.274 e. The number of carbonyl (C=O) groups is 2. The van der Waals surface area contributed by atoms with Gasteiger partial charge in [0.05, 0.1) is 0 Å². The fourth-order valence-electron chi connectivity index (χ4n) is 2.44. The van der Waals surface area contributed by atoms with Gasteiger partial charge in [-0.15, -0.1) is 0 Å². The number of benzene rings is 1. The molecule has 3 rings (SSSR count). The molecule has 0 radical (unpaired) electrons. The molecule has 0 bridgehead atoms. The number of pyridine rings is 2. The van der Waals surface area contributed by atoms with Crippen LogP contribution in [-0.2, 0) is 11.3 Å². The van der Waals surface area contributed by atoms with Gasteiger partial charge in [-0.05, 0) is 48.0 Å². The largest absolute Gasteiger partial charge is 0.381 e. The third kappa shape index (κ3) is 5.37. The maximum Gasteiger partial charge on any atom is 0.274 e. The Hall–Kier alpha value is -3.74. The lowest BCUT2D eigenvalue weighted by Crippen LogP contribution is -2.14. The molecule has 136 valence electrons. The van der Waals surface area contributed by atoms with E-state index in [1.165, 1.54) is 6.92 Å². The number of hydrogen-bond donors (Lipinski definition) is 3. The van der Waals surface area contributed by atoms with Gasteiger partial charge in [-0.2, -0.15) is 0 Å². The summed E-state index contributed by atoms with van der Waals surface area (Å²) in [5.41, 5.74) is 3.35. The molecule has 0 aliphatic rings. The average molecular weight is 361 g/mol. The van der Waals surface area contributed by atoms with Crippen LogP contribution < -0.4 is 16.0 Å². The molecule has 2 aromatic heterocycles. The van der Waals surface area contributed by atoms with Crippen LogP contribution in [0.5, 0.6) is 0 Å². The van der Waals surface area contributed by atoms with E-state index in [9.17, 15) is 9.59 Å². The summed E-state index contributed by atoms with van der Waals surface area (Å²) in [7, 11) is 0. The number of hydrogen-bond acceptors (Lipinski definition) is 5. The van der Waals surface area contributed by atoms with E-state index in [1.54, 1.807) is 55.0 Å². The van der Waals surface area contributed by atoms with E-state index in [2.05, 4.69) is 25.9 Å². The third-order valence-corrected chi connectivity index (χ3v) is 3.68. The van der Waals surface area contributed by atoms with Gasteiger partial charge in [-0.1, -0.05) is 6.07 Å². The van der Waals surface area contributed by atoms with E-state index in [1.807, 2.05) is 12.1 Å². The van der Waals surface area contributed by atoms with Crippen molar-refractivity contribution < 1.29 is 9.59 Å². The molecule has 0 aliphatic heterocycles. The first kappa shape index (κ1) is 18.1. The molecule has 0 saturated carbocycles. The van der Waals surface area contributed by atoms with Crippen LogP contribution in [0.15, 0.2) is 67.1 Å². The Morgan fingerprint density at radius 3 is 2.37 bits per heavy atom. The number of amides is 2. The van der Waals surface area contributed by atoms with Crippen LogP contribution >= 0.6 is 0 Å². The molecule has 27 heavy (non-hydrogen) atoms. The summed E-state index contributed by atoms with van der Waals surface area (Å²) in [6.07, 6.45) is 5.05. The Balaban J connectivity index is 1.65. The van der Waals surface area contributed by atoms with E-state index >= 15 is 0 Å². The predicted molar refractivity (Wildman–Crippen MR) is 104 cm³/mol. The lowest BCUT2D eigenvalue weighted by molar-refractivity contribution is -0.114. The Kier molecular flexibility index (Phi) is 5.73. The highest BCUT2D eigenvalue weighted by Crippen LogP contribution is 2.17. The van der Waals surface area contributed by atoms with Gasteiger partial charge in [0, 0.05) is 49.1 Å². The fourth-order valence-corrected chi connectivity index (χ4v) is 2.44. The summed E-state index contributed by atoms with van der Waals surface area (Å²) in [6.45, 7) is 2.05. The molecule has 7 heteroatoms. The molecule has 1 aromatic carbocycles. The topological polar surface area (TPSA) is 96.0 Å². The Labute approximate surface area is 156 Å². The number of anilines is 3. The van der Waals surface area contributed by atoms with Crippen LogP contribution in [0.2, 0.25) is 0 Å². The molecule has 0 fully saturated rings. The van der Waals surface area contributed by atoms with E-state index in [4.69, 9.17) is 0 Å². The second kappa shape index (κ2) is 8.57. The van der Waals surface area contributed by atoms with Gasteiger partial charge in [0.2, 0.25) is 5.91 Å². The molecule has 2 heterocycles. The number of nitrogens with zero attached hydrogens (tertiary/aromatic N) is 2. The summed E-state index contributed by atoms with van der Waals surface area (Å²) in [4.78, 5) is 31.7. The number of aromatic nitrogens is 2. The van der Waals surface area contributed by atoms with Gasteiger partial charge in [0.1, 0.15) is 5.69 Å². The molecule has 0 atom stereocenters. The van der Waals surface area contributed by atoms with Gasteiger partial charge < -0.3 is 16.0 Å². The second-order valence-electron chi connectivity index (χ2n) is 5.85.